The molecule has 0 saturated carbocycles. The van der Waals surface area contributed by atoms with Crippen LogP contribution in [0, 0.1) is 0 Å². The average molecular weight is 326 g/mol. The normalized spacial score (nSPS) is 21.0. The van der Waals surface area contributed by atoms with Crippen LogP contribution in [0.1, 0.15) is 43.0 Å². The van der Waals surface area contributed by atoms with Gasteiger partial charge in [0, 0.05) is 48.7 Å². The fourth-order valence-electron chi connectivity index (χ4n) is 3.91. The first-order chi connectivity index (χ1) is 11.8. The molecule has 24 heavy (non-hydrogen) atoms. The van der Waals surface area contributed by atoms with Crippen molar-refractivity contribution in [1.29, 1.82) is 0 Å². The van der Waals surface area contributed by atoms with Crippen molar-refractivity contribution in [1.82, 2.24) is 24.6 Å². The lowest BCUT2D eigenvalue weighted by molar-refractivity contribution is 0.208. The SMILES string of the molecule is CCn1cc(CN2CCCC(Nc3ncnc4c3CCC4)C2)cn1. The van der Waals surface area contributed by atoms with Crippen LogP contribution in [0.2, 0.25) is 0 Å². The summed E-state index contributed by atoms with van der Waals surface area (Å²) in [6.45, 7) is 6.27. The summed E-state index contributed by atoms with van der Waals surface area (Å²) < 4.78 is 2.00. The molecule has 1 atom stereocenters. The molecule has 1 unspecified atom stereocenters. The van der Waals surface area contributed by atoms with Gasteiger partial charge >= 0.3 is 0 Å². The Kier molecular flexibility index (Phi) is 4.47. The van der Waals surface area contributed by atoms with Gasteiger partial charge in [-0.25, -0.2) is 9.97 Å². The van der Waals surface area contributed by atoms with Crippen LogP contribution in [-0.4, -0.2) is 43.8 Å². The van der Waals surface area contributed by atoms with Gasteiger partial charge in [0.25, 0.3) is 0 Å². The van der Waals surface area contributed by atoms with E-state index in [1.807, 2.05) is 10.9 Å². The van der Waals surface area contributed by atoms with Crippen LogP contribution in [0.3, 0.4) is 0 Å². The molecule has 4 rings (SSSR count). The maximum absolute atomic E-state index is 4.51. The molecule has 6 nitrogen and oxygen atoms in total. The number of anilines is 1. The van der Waals surface area contributed by atoms with E-state index in [4.69, 9.17) is 0 Å². The summed E-state index contributed by atoms with van der Waals surface area (Å²) in [6.07, 6.45) is 11.7. The minimum atomic E-state index is 0.472. The van der Waals surface area contributed by atoms with E-state index in [1.165, 1.54) is 36.1 Å². The number of nitrogens with one attached hydrogen (secondary N) is 1. The Morgan fingerprint density at radius 3 is 3.08 bits per heavy atom. The van der Waals surface area contributed by atoms with Crippen molar-refractivity contribution < 1.29 is 0 Å². The zero-order valence-electron chi connectivity index (χ0n) is 14.4. The van der Waals surface area contributed by atoms with Gasteiger partial charge in [0.1, 0.15) is 12.1 Å². The van der Waals surface area contributed by atoms with Crippen LogP contribution in [0.5, 0.6) is 0 Å². The molecule has 3 heterocycles. The lowest BCUT2D eigenvalue weighted by Gasteiger charge is -2.33. The zero-order valence-corrected chi connectivity index (χ0v) is 14.4. The monoisotopic (exact) mass is 326 g/mol. The molecule has 6 heteroatoms. The van der Waals surface area contributed by atoms with E-state index >= 15 is 0 Å². The highest BCUT2D eigenvalue weighted by molar-refractivity contribution is 5.48. The van der Waals surface area contributed by atoms with E-state index in [0.29, 0.717) is 6.04 Å². The molecular formula is C18H26N6. The fraction of sp³-hybridized carbons (Fsp3) is 0.611. The van der Waals surface area contributed by atoms with Gasteiger partial charge in [0.2, 0.25) is 0 Å². The molecule has 0 aromatic carbocycles. The first kappa shape index (κ1) is 15.6. The lowest BCUT2D eigenvalue weighted by atomic mass is 10.0. The van der Waals surface area contributed by atoms with Crippen LogP contribution in [-0.2, 0) is 25.9 Å². The van der Waals surface area contributed by atoms with Crippen molar-refractivity contribution in [2.45, 2.75) is 58.2 Å². The van der Waals surface area contributed by atoms with Gasteiger partial charge in [-0.1, -0.05) is 0 Å². The van der Waals surface area contributed by atoms with E-state index in [2.05, 4.69) is 38.4 Å². The fourth-order valence-corrected chi connectivity index (χ4v) is 3.91. The summed E-state index contributed by atoms with van der Waals surface area (Å²) >= 11 is 0. The predicted octanol–water partition coefficient (Wildman–Crippen LogP) is 2.26. The van der Waals surface area contributed by atoms with E-state index in [0.717, 1.165) is 44.8 Å². The highest BCUT2D eigenvalue weighted by atomic mass is 15.3. The summed E-state index contributed by atoms with van der Waals surface area (Å²) in [5, 5.41) is 8.08. The minimum Gasteiger partial charge on any atom is -0.366 e. The Bertz CT molecular complexity index is 695. The van der Waals surface area contributed by atoms with E-state index in [1.54, 1.807) is 6.33 Å². The second kappa shape index (κ2) is 6.89. The van der Waals surface area contributed by atoms with Gasteiger partial charge in [0.15, 0.2) is 0 Å². The van der Waals surface area contributed by atoms with Crippen LogP contribution in [0.25, 0.3) is 0 Å². The lowest BCUT2D eigenvalue weighted by Crippen LogP contribution is -2.41. The molecule has 128 valence electrons. The summed E-state index contributed by atoms with van der Waals surface area (Å²) in [7, 11) is 0. The average Bonchev–Trinajstić information content (AvgIpc) is 3.24. The Labute approximate surface area is 143 Å². The highest BCUT2D eigenvalue weighted by Gasteiger charge is 2.23. The molecule has 2 aliphatic rings. The van der Waals surface area contributed by atoms with Gasteiger partial charge in [-0.3, -0.25) is 9.58 Å². The maximum Gasteiger partial charge on any atom is 0.133 e. The smallest absolute Gasteiger partial charge is 0.133 e. The van der Waals surface area contributed by atoms with E-state index in [9.17, 15) is 0 Å². The number of piperidine rings is 1. The Balaban J connectivity index is 1.39. The molecule has 1 N–H and O–H groups in total. The van der Waals surface area contributed by atoms with Crippen LogP contribution in [0.4, 0.5) is 5.82 Å². The first-order valence-electron chi connectivity index (χ1n) is 9.15. The van der Waals surface area contributed by atoms with Gasteiger partial charge in [-0.05, 0) is 45.6 Å². The summed E-state index contributed by atoms with van der Waals surface area (Å²) in [5.74, 6) is 1.07. The number of fused-ring (bicyclic) bond motifs is 1. The standard InChI is InChI=1S/C18H26N6/c1-2-24-11-14(9-21-24)10-23-8-4-5-15(12-23)22-18-16-6-3-7-17(16)19-13-20-18/h9,11,13,15H,2-8,10,12H2,1H3,(H,19,20,22). The predicted molar refractivity (Wildman–Crippen MR) is 93.9 cm³/mol. The Hall–Kier alpha value is -1.95. The maximum atomic E-state index is 4.51. The molecule has 1 saturated heterocycles. The van der Waals surface area contributed by atoms with Crippen LogP contribution in [0.15, 0.2) is 18.7 Å². The second-order valence-electron chi connectivity index (χ2n) is 6.92. The number of rotatable bonds is 5. The zero-order chi connectivity index (χ0) is 16.4. The number of hydrogen-bond acceptors (Lipinski definition) is 5. The Morgan fingerprint density at radius 2 is 2.21 bits per heavy atom. The molecule has 1 aliphatic carbocycles. The molecule has 0 spiro atoms. The summed E-state index contributed by atoms with van der Waals surface area (Å²) in [5.41, 5.74) is 3.89. The van der Waals surface area contributed by atoms with E-state index in [-0.39, 0.29) is 0 Å². The highest BCUT2D eigenvalue weighted by Crippen LogP contribution is 2.26. The Morgan fingerprint density at radius 1 is 1.25 bits per heavy atom. The van der Waals surface area contributed by atoms with Gasteiger partial charge in [-0.2, -0.15) is 5.10 Å². The molecule has 0 amide bonds. The van der Waals surface area contributed by atoms with Crippen molar-refractivity contribution in [3.63, 3.8) is 0 Å². The second-order valence-corrected chi connectivity index (χ2v) is 6.92. The van der Waals surface area contributed by atoms with E-state index < -0.39 is 0 Å². The number of likely N-dealkylation sites (tertiary alicyclic amines) is 1. The molecule has 1 aliphatic heterocycles. The van der Waals surface area contributed by atoms with Crippen LogP contribution < -0.4 is 5.32 Å². The molecular weight excluding hydrogens is 300 g/mol. The third-order valence-electron chi connectivity index (χ3n) is 5.14. The number of aromatic nitrogens is 4. The van der Waals surface area contributed by atoms with Crippen molar-refractivity contribution in [2.75, 3.05) is 18.4 Å². The molecule has 1 fully saturated rings. The van der Waals surface area contributed by atoms with Gasteiger partial charge in [-0.15, -0.1) is 0 Å². The quantitative estimate of drug-likeness (QED) is 0.913. The van der Waals surface area contributed by atoms with Gasteiger partial charge < -0.3 is 5.32 Å². The number of nitrogens with zero attached hydrogens (tertiary/aromatic N) is 5. The van der Waals surface area contributed by atoms with Gasteiger partial charge in [0.05, 0.1) is 6.20 Å². The molecule has 2 aromatic rings. The number of hydrogen-bond donors (Lipinski definition) is 1. The molecule has 0 bridgehead atoms. The minimum absolute atomic E-state index is 0.472. The summed E-state index contributed by atoms with van der Waals surface area (Å²) in [4.78, 5) is 11.5. The van der Waals surface area contributed by atoms with Crippen molar-refractivity contribution in [3.05, 3.63) is 35.5 Å². The third kappa shape index (κ3) is 3.29. The van der Waals surface area contributed by atoms with Crippen LogP contribution >= 0.6 is 0 Å². The van der Waals surface area contributed by atoms with Crippen molar-refractivity contribution >= 4 is 5.82 Å². The van der Waals surface area contributed by atoms with Crippen molar-refractivity contribution in [2.24, 2.45) is 0 Å². The first-order valence-corrected chi connectivity index (χ1v) is 9.15. The third-order valence-corrected chi connectivity index (χ3v) is 5.14. The summed E-state index contributed by atoms with van der Waals surface area (Å²) in [6, 6.07) is 0.472. The molecule has 2 aromatic heterocycles. The topological polar surface area (TPSA) is 58.9 Å². The molecule has 0 radical (unpaired) electrons. The van der Waals surface area contributed by atoms with Crippen molar-refractivity contribution in [3.8, 4) is 0 Å². The number of aryl methyl sites for hydroxylation is 2. The largest absolute Gasteiger partial charge is 0.366 e.